The summed E-state index contributed by atoms with van der Waals surface area (Å²) in [4.78, 5) is 9.64. The third-order valence-corrected chi connectivity index (χ3v) is 7.80. The Morgan fingerprint density at radius 3 is 1.02 bits per heavy atom. The van der Waals surface area contributed by atoms with Gasteiger partial charge in [-0.15, -0.1) is 0 Å². The van der Waals surface area contributed by atoms with E-state index in [1.165, 1.54) is 45.8 Å². The Balaban J connectivity index is 0.846. The summed E-state index contributed by atoms with van der Waals surface area (Å²) in [6.45, 7) is 6.03. The maximum atomic E-state index is 4.82. The van der Waals surface area contributed by atoms with Gasteiger partial charge in [0.05, 0.1) is 33.4 Å². The molecule has 6 nitrogen and oxygen atoms in total. The summed E-state index contributed by atoms with van der Waals surface area (Å²) < 4.78 is 0. The van der Waals surface area contributed by atoms with Crippen molar-refractivity contribution in [1.82, 2.24) is 20.6 Å². The van der Waals surface area contributed by atoms with Crippen LogP contribution in [0, 0.1) is 0 Å². The first kappa shape index (κ1) is 27.9. The number of aromatic nitrogens is 2. The highest BCUT2D eigenvalue weighted by Crippen LogP contribution is 2.31. The molecule has 2 heterocycles. The molecule has 0 spiro atoms. The predicted octanol–water partition coefficient (Wildman–Crippen LogP) is 7.35. The lowest BCUT2D eigenvalue weighted by Gasteiger charge is -2.13. The zero-order valence-electron chi connectivity index (χ0n) is 24.2. The molecule has 0 aliphatic rings. The second-order valence-corrected chi connectivity index (χ2v) is 10.8. The molecule has 0 aliphatic heterocycles. The fourth-order valence-corrected chi connectivity index (χ4v) is 5.66. The molecule has 214 valence electrons. The first-order chi connectivity index (χ1) is 20.9. The fraction of sp³-hybridized carbons (Fsp3) is 0.278. The van der Waals surface area contributed by atoms with Gasteiger partial charge in [0, 0.05) is 34.6 Å². The van der Waals surface area contributed by atoms with Crippen LogP contribution in [0.1, 0.15) is 25.7 Å². The number of hydrogen-bond acceptors (Lipinski definition) is 6. The second-order valence-electron chi connectivity index (χ2n) is 10.8. The second kappa shape index (κ2) is 14.1. The molecule has 42 heavy (non-hydrogen) atoms. The summed E-state index contributed by atoms with van der Waals surface area (Å²) in [6.07, 6.45) is 4.54. The summed E-state index contributed by atoms with van der Waals surface area (Å²) in [5, 5.41) is 19.4. The number of nitrogens with one attached hydrogen (secondary N) is 4. The maximum absolute atomic E-state index is 4.82. The van der Waals surface area contributed by atoms with Gasteiger partial charge in [0.25, 0.3) is 0 Å². The minimum atomic E-state index is 0.936. The van der Waals surface area contributed by atoms with E-state index in [-0.39, 0.29) is 0 Å². The number of hydrogen-bond donors (Lipinski definition) is 4. The largest absolute Gasteiger partial charge is 0.384 e. The van der Waals surface area contributed by atoms with E-state index in [9.17, 15) is 0 Å². The first-order valence-electron chi connectivity index (χ1n) is 15.3. The molecule has 0 amide bonds. The van der Waals surface area contributed by atoms with E-state index >= 15 is 0 Å². The highest BCUT2D eigenvalue weighted by Gasteiger charge is 2.09. The number of unbranched alkanes of at least 4 members (excludes halogenated alkanes) is 1. The summed E-state index contributed by atoms with van der Waals surface area (Å²) in [5.74, 6) is 0. The summed E-state index contributed by atoms with van der Waals surface area (Å²) in [5.41, 5.74) is 6.55. The van der Waals surface area contributed by atoms with Gasteiger partial charge in [-0.3, -0.25) is 0 Å². The Labute approximate surface area is 248 Å². The smallest absolute Gasteiger partial charge is 0.0730 e. The van der Waals surface area contributed by atoms with Gasteiger partial charge < -0.3 is 21.3 Å². The number of para-hydroxylation sites is 4. The first-order valence-corrected chi connectivity index (χ1v) is 15.3. The molecule has 6 rings (SSSR count). The van der Waals surface area contributed by atoms with Gasteiger partial charge in [-0.25, -0.2) is 9.97 Å². The van der Waals surface area contributed by atoms with Crippen LogP contribution in [0.4, 0.5) is 11.4 Å². The molecule has 6 aromatic rings. The average Bonchev–Trinajstić information content (AvgIpc) is 3.04. The van der Waals surface area contributed by atoms with E-state index < -0.39 is 0 Å². The molecular weight excluding hydrogens is 516 g/mol. The lowest BCUT2D eigenvalue weighted by Crippen LogP contribution is -2.22. The van der Waals surface area contributed by atoms with Crippen LogP contribution in [-0.4, -0.2) is 49.2 Å². The normalized spacial score (nSPS) is 11.5. The Bertz CT molecular complexity index is 1530. The van der Waals surface area contributed by atoms with E-state index in [2.05, 4.69) is 118 Å². The maximum Gasteiger partial charge on any atom is 0.0730 e. The molecule has 0 radical (unpaired) electrons. The quantitative estimate of drug-likeness (QED) is 0.0783. The Kier molecular flexibility index (Phi) is 9.35. The van der Waals surface area contributed by atoms with Crippen molar-refractivity contribution in [1.29, 1.82) is 0 Å². The highest BCUT2D eigenvalue weighted by molar-refractivity contribution is 6.08. The summed E-state index contributed by atoms with van der Waals surface area (Å²) >= 11 is 0. The highest BCUT2D eigenvalue weighted by atomic mass is 14.9. The number of benzene rings is 4. The molecule has 6 heteroatoms. The van der Waals surface area contributed by atoms with Crippen molar-refractivity contribution in [2.24, 2.45) is 0 Å². The van der Waals surface area contributed by atoms with Crippen LogP contribution < -0.4 is 21.3 Å². The minimum Gasteiger partial charge on any atom is -0.384 e. The van der Waals surface area contributed by atoms with Gasteiger partial charge in [-0.1, -0.05) is 72.8 Å². The predicted molar refractivity (Wildman–Crippen MR) is 180 cm³/mol. The van der Waals surface area contributed by atoms with E-state index in [4.69, 9.17) is 9.97 Å². The van der Waals surface area contributed by atoms with Gasteiger partial charge in [0.2, 0.25) is 0 Å². The Hall–Kier alpha value is -4.26. The number of fused-ring (bicyclic) bond motifs is 4. The topological polar surface area (TPSA) is 73.9 Å². The number of nitrogens with zero attached hydrogens (tertiary/aromatic N) is 2. The molecule has 0 saturated heterocycles. The van der Waals surface area contributed by atoms with E-state index in [1.807, 2.05) is 0 Å². The number of rotatable bonds is 15. The van der Waals surface area contributed by atoms with Gasteiger partial charge in [-0.2, -0.15) is 0 Å². The summed E-state index contributed by atoms with van der Waals surface area (Å²) in [7, 11) is 0. The van der Waals surface area contributed by atoms with Crippen molar-refractivity contribution in [3.8, 4) is 0 Å². The molecule has 4 N–H and O–H groups in total. The van der Waals surface area contributed by atoms with Crippen LogP contribution >= 0.6 is 0 Å². The average molecular weight is 557 g/mol. The third kappa shape index (κ3) is 6.62. The van der Waals surface area contributed by atoms with Gasteiger partial charge in [-0.05, 0) is 76.1 Å². The molecule has 0 bridgehead atoms. The van der Waals surface area contributed by atoms with Crippen molar-refractivity contribution in [2.45, 2.75) is 25.7 Å². The molecule has 0 unspecified atom stereocenters. The SMILES string of the molecule is c1ccc2c(NCCCNCCCCNCCCNc3c4ccccc4nc4ccccc34)c3ccccc3nc2c1. The van der Waals surface area contributed by atoms with Gasteiger partial charge >= 0.3 is 0 Å². The van der Waals surface area contributed by atoms with Crippen LogP contribution in [0.15, 0.2) is 97.1 Å². The van der Waals surface area contributed by atoms with Gasteiger partial charge in [0.1, 0.15) is 0 Å². The molecule has 0 saturated carbocycles. The van der Waals surface area contributed by atoms with E-state index in [0.29, 0.717) is 0 Å². The van der Waals surface area contributed by atoms with Crippen molar-refractivity contribution in [2.75, 3.05) is 49.9 Å². The van der Waals surface area contributed by atoms with E-state index in [1.54, 1.807) is 0 Å². The number of pyridine rings is 2. The zero-order chi connectivity index (χ0) is 28.4. The third-order valence-electron chi connectivity index (χ3n) is 7.80. The number of anilines is 2. The Morgan fingerprint density at radius 1 is 0.357 bits per heavy atom. The lowest BCUT2D eigenvalue weighted by molar-refractivity contribution is 0.573. The van der Waals surface area contributed by atoms with Crippen LogP contribution in [0.5, 0.6) is 0 Å². The summed E-state index contributed by atoms with van der Waals surface area (Å²) in [6, 6.07) is 33.5. The monoisotopic (exact) mass is 556 g/mol. The fourth-order valence-electron chi connectivity index (χ4n) is 5.66. The standard InChI is InChI=1S/C36H40N6/c1-5-17-31-27(13-1)35(28-14-2-6-18-32(28)41-31)39-25-11-23-37-21-9-10-22-38-24-12-26-40-36-29-15-3-7-19-33(29)42-34-20-8-4-16-30(34)36/h1-8,13-20,37-38H,9-12,21-26H2,(H,39,41)(H,40,42). The van der Waals surface area contributed by atoms with Crippen molar-refractivity contribution < 1.29 is 0 Å². The molecular formula is C36H40N6. The lowest BCUT2D eigenvalue weighted by atomic mass is 10.1. The molecule has 0 atom stereocenters. The van der Waals surface area contributed by atoms with Crippen molar-refractivity contribution in [3.63, 3.8) is 0 Å². The minimum absolute atomic E-state index is 0.936. The zero-order valence-corrected chi connectivity index (χ0v) is 24.2. The van der Waals surface area contributed by atoms with Gasteiger partial charge in [0.15, 0.2) is 0 Å². The Morgan fingerprint density at radius 2 is 0.667 bits per heavy atom. The van der Waals surface area contributed by atoms with E-state index in [0.717, 1.165) is 74.2 Å². The molecule has 4 aromatic carbocycles. The van der Waals surface area contributed by atoms with Crippen molar-refractivity contribution >= 4 is 55.0 Å². The molecule has 0 fully saturated rings. The van der Waals surface area contributed by atoms with Crippen LogP contribution in [-0.2, 0) is 0 Å². The van der Waals surface area contributed by atoms with Crippen LogP contribution in [0.25, 0.3) is 43.6 Å². The van der Waals surface area contributed by atoms with Crippen LogP contribution in [0.2, 0.25) is 0 Å². The van der Waals surface area contributed by atoms with Crippen molar-refractivity contribution in [3.05, 3.63) is 97.1 Å². The molecule has 2 aromatic heterocycles. The van der Waals surface area contributed by atoms with Crippen LogP contribution in [0.3, 0.4) is 0 Å². The molecule has 0 aliphatic carbocycles.